The molecule has 0 bridgehead atoms. The van der Waals surface area contributed by atoms with Crippen LogP contribution < -0.4 is 0 Å². The summed E-state index contributed by atoms with van der Waals surface area (Å²) in [6.07, 6.45) is 4.08. The summed E-state index contributed by atoms with van der Waals surface area (Å²) in [5.41, 5.74) is 3.18. The maximum absolute atomic E-state index is 2.70. The zero-order valence-corrected chi connectivity index (χ0v) is 9.45. The van der Waals surface area contributed by atoms with Crippen LogP contribution >= 0.6 is 0 Å². The predicted octanol–water partition coefficient (Wildman–Crippen LogP) is 2.81. The van der Waals surface area contributed by atoms with Crippen LogP contribution in [-0.4, -0.2) is 24.0 Å². The van der Waals surface area contributed by atoms with Crippen molar-refractivity contribution in [3.63, 3.8) is 0 Å². The molecule has 80 valence electrons. The van der Waals surface area contributed by atoms with Crippen LogP contribution in [-0.2, 0) is 6.42 Å². The summed E-state index contributed by atoms with van der Waals surface area (Å²) in [4.78, 5) is 2.70. The van der Waals surface area contributed by atoms with Crippen molar-refractivity contribution in [2.75, 3.05) is 13.1 Å². The number of rotatable bonds is 1. The van der Waals surface area contributed by atoms with Crippen molar-refractivity contribution >= 4 is 0 Å². The lowest BCUT2D eigenvalue weighted by molar-refractivity contribution is 0.227. The highest BCUT2D eigenvalue weighted by Crippen LogP contribution is 2.36. The summed E-state index contributed by atoms with van der Waals surface area (Å²) in [6, 6.07) is 9.77. The molecule has 1 aromatic rings. The monoisotopic (exact) mass is 201 g/mol. The topological polar surface area (TPSA) is 3.24 Å². The highest BCUT2D eigenvalue weighted by Gasteiger charge is 2.33. The smallest absolute Gasteiger partial charge is 0.0202 e. The Balaban J connectivity index is 1.86. The van der Waals surface area contributed by atoms with Gasteiger partial charge < -0.3 is 0 Å². The van der Waals surface area contributed by atoms with Gasteiger partial charge in [0.05, 0.1) is 0 Å². The Hall–Kier alpha value is -0.820. The molecule has 1 heteroatoms. The molecule has 0 unspecified atom stereocenters. The van der Waals surface area contributed by atoms with Gasteiger partial charge >= 0.3 is 0 Å². The lowest BCUT2D eigenvalue weighted by atomic mass is 10.00. The summed E-state index contributed by atoms with van der Waals surface area (Å²) in [5.74, 6) is 0.735. The van der Waals surface area contributed by atoms with Gasteiger partial charge in [0, 0.05) is 6.04 Å². The molecular weight excluding hydrogens is 182 g/mol. The minimum absolute atomic E-state index is 0.735. The van der Waals surface area contributed by atoms with Crippen LogP contribution in [0.5, 0.6) is 0 Å². The van der Waals surface area contributed by atoms with Gasteiger partial charge in [-0.1, -0.05) is 31.2 Å². The highest BCUT2D eigenvalue weighted by atomic mass is 15.2. The van der Waals surface area contributed by atoms with Crippen molar-refractivity contribution < 1.29 is 0 Å². The van der Waals surface area contributed by atoms with Crippen LogP contribution in [0.3, 0.4) is 0 Å². The second-order valence-electron chi connectivity index (χ2n) is 5.00. The molecule has 2 atom stereocenters. The van der Waals surface area contributed by atoms with Gasteiger partial charge in [0.25, 0.3) is 0 Å². The summed E-state index contributed by atoms with van der Waals surface area (Å²) in [5, 5.41) is 0. The number of hydrogen-bond donors (Lipinski definition) is 0. The lowest BCUT2D eigenvalue weighted by Crippen LogP contribution is -2.34. The molecule has 0 radical (unpaired) electrons. The Morgan fingerprint density at radius 2 is 1.87 bits per heavy atom. The fourth-order valence-corrected chi connectivity index (χ4v) is 3.29. The van der Waals surface area contributed by atoms with E-state index in [1.807, 2.05) is 0 Å². The van der Waals surface area contributed by atoms with E-state index >= 15 is 0 Å². The molecule has 1 aromatic carbocycles. The zero-order chi connectivity index (χ0) is 10.3. The van der Waals surface area contributed by atoms with E-state index in [0.29, 0.717) is 0 Å². The van der Waals surface area contributed by atoms with Crippen molar-refractivity contribution in [2.24, 2.45) is 0 Å². The van der Waals surface area contributed by atoms with E-state index in [1.165, 1.54) is 32.4 Å². The Morgan fingerprint density at radius 3 is 2.60 bits per heavy atom. The van der Waals surface area contributed by atoms with E-state index in [9.17, 15) is 0 Å². The average molecular weight is 201 g/mol. The third kappa shape index (κ3) is 1.50. The van der Waals surface area contributed by atoms with E-state index in [4.69, 9.17) is 0 Å². The predicted molar refractivity (Wildman–Crippen MR) is 63.2 cm³/mol. The van der Waals surface area contributed by atoms with E-state index in [0.717, 1.165) is 12.0 Å². The Bertz CT molecular complexity index is 352. The quantitative estimate of drug-likeness (QED) is 0.675. The van der Waals surface area contributed by atoms with Crippen molar-refractivity contribution in [3.05, 3.63) is 35.4 Å². The SMILES string of the molecule is C[C@@H]1c2ccccc2C[C@H]1N1CCCC1. The molecule has 0 spiro atoms. The van der Waals surface area contributed by atoms with E-state index in [-0.39, 0.29) is 0 Å². The molecule has 15 heavy (non-hydrogen) atoms. The average Bonchev–Trinajstić information content (AvgIpc) is 2.87. The standard InChI is InChI=1S/C14H19N/c1-11-13-7-3-2-6-12(13)10-14(11)15-8-4-5-9-15/h2-3,6-7,11,14H,4-5,8-10H2,1H3/t11-,14-/m1/s1. The minimum Gasteiger partial charge on any atom is -0.299 e. The van der Waals surface area contributed by atoms with Gasteiger partial charge in [-0.3, -0.25) is 4.90 Å². The van der Waals surface area contributed by atoms with Crippen LogP contribution in [0.1, 0.15) is 36.8 Å². The first-order valence-corrected chi connectivity index (χ1v) is 6.18. The van der Waals surface area contributed by atoms with Crippen LogP contribution in [0, 0.1) is 0 Å². The van der Waals surface area contributed by atoms with Crippen LogP contribution in [0.2, 0.25) is 0 Å². The second kappa shape index (κ2) is 3.64. The van der Waals surface area contributed by atoms with Crippen LogP contribution in [0.25, 0.3) is 0 Å². The molecular formula is C14H19N. The summed E-state index contributed by atoms with van der Waals surface area (Å²) in [6.45, 7) is 5.04. The first kappa shape index (κ1) is 9.41. The molecule has 2 aliphatic rings. The summed E-state index contributed by atoms with van der Waals surface area (Å²) < 4.78 is 0. The maximum atomic E-state index is 2.70. The normalized spacial score (nSPS) is 30.7. The maximum Gasteiger partial charge on any atom is 0.0202 e. The van der Waals surface area contributed by atoms with Gasteiger partial charge in [0.15, 0.2) is 0 Å². The van der Waals surface area contributed by atoms with E-state index in [1.54, 1.807) is 11.1 Å². The summed E-state index contributed by atoms with van der Waals surface area (Å²) >= 11 is 0. The molecule has 0 N–H and O–H groups in total. The largest absolute Gasteiger partial charge is 0.299 e. The molecule has 1 heterocycles. The van der Waals surface area contributed by atoms with Gasteiger partial charge in [0.2, 0.25) is 0 Å². The van der Waals surface area contributed by atoms with Crippen molar-refractivity contribution in [3.8, 4) is 0 Å². The molecule has 1 fully saturated rings. The van der Waals surface area contributed by atoms with Crippen LogP contribution in [0.4, 0.5) is 0 Å². The molecule has 1 nitrogen and oxygen atoms in total. The highest BCUT2D eigenvalue weighted by molar-refractivity contribution is 5.37. The van der Waals surface area contributed by atoms with Gasteiger partial charge in [-0.15, -0.1) is 0 Å². The third-order valence-electron chi connectivity index (χ3n) is 4.16. The Kier molecular flexibility index (Phi) is 2.28. The van der Waals surface area contributed by atoms with Crippen molar-refractivity contribution in [2.45, 2.75) is 38.1 Å². The molecule has 0 aromatic heterocycles. The van der Waals surface area contributed by atoms with Crippen LogP contribution in [0.15, 0.2) is 24.3 Å². The fraction of sp³-hybridized carbons (Fsp3) is 0.571. The molecule has 0 amide bonds. The molecule has 1 aliphatic carbocycles. The van der Waals surface area contributed by atoms with E-state index < -0.39 is 0 Å². The fourth-order valence-electron chi connectivity index (χ4n) is 3.29. The first-order chi connectivity index (χ1) is 7.36. The molecule has 0 saturated carbocycles. The lowest BCUT2D eigenvalue weighted by Gasteiger charge is -2.27. The molecule has 1 aliphatic heterocycles. The van der Waals surface area contributed by atoms with Gasteiger partial charge in [-0.05, 0) is 49.4 Å². The Labute approximate surface area is 92.1 Å². The minimum atomic E-state index is 0.735. The van der Waals surface area contributed by atoms with Gasteiger partial charge in [-0.2, -0.15) is 0 Å². The summed E-state index contributed by atoms with van der Waals surface area (Å²) in [7, 11) is 0. The number of likely N-dealkylation sites (tertiary alicyclic amines) is 1. The van der Waals surface area contributed by atoms with Crippen molar-refractivity contribution in [1.29, 1.82) is 0 Å². The van der Waals surface area contributed by atoms with Gasteiger partial charge in [0.1, 0.15) is 0 Å². The third-order valence-corrected chi connectivity index (χ3v) is 4.16. The second-order valence-corrected chi connectivity index (χ2v) is 5.00. The molecule has 3 rings (SSSR count). The van der Waals surface area contributed by atoms with Gasteiger partial charge in [-0.25, -0.2) is 0 Å². The zero-order valence-electron chi connectivity index (χ0n) is 9.45. The number of benzene rings is 1. The Morgan fingerprint density at radius 1 is 1.13 bits per heavy atom. The van der Waals surface area contributed by atoms with Crippen molar-refractivity contribution in [1.82, 2.24) is 4.90 Å². The number of hydrogen-bond acceptors (Lipinski definition) is 1. The first-order valence-electron chi connectivity index (χ1n) is 6.18. The van der Waals surface area contributed by atoms with E-state index in [2.05, 4.69) is 36.1 Å². The number of fused-ring (bicyclic) bond motifs is 1. The number of nitrogens with zero attached hydrogens (tertiary/aromatic N) is 1. The molecule has 1 saturated heterocycles.